The normalized spacial score (nSPS) is 19.2. The highest BCUT2D eigenvalue weighted by molar-refractivity contribution is 6.05. The van der Waals surface area contributed by atoms with Crippen LogP contribution >= 0.6 is 0 Å². The monoisotopic (exact) mass is 383 g/mol. The second-order valence-electron chi connectivity index (χ2n) is 6.92. The zero-order valence-corrected chi connectivity index (χ0v) is 15.7. The number of nitrogens with zero attached hydrogens (tertiary/aromatic N) is 2. The van der Waals surface area contributed by atoms with Crippen LogP contribution in [-0.2, 0) is 20.9 Å². The molecule has 1 saturated heterocycles. The minimum absolute atomic E-state index is 0.0764. The summed E-state index contributed by atoms with van der Waals surface area (Å²) in [5.41, 5.74) is 2.60. The number of piperidine rings is 1. The highest BCUT2D eigenvalue weighted by atomic mass is 16.5. The number of nitrogens with one attached hydrogen (secondary N) is 1. The fraction of sp³-hybridized carbons (Fsp3) is 0.350. The van der Waals surface area contributed by atoms with E-state index in [0.717, 1.165) is 5.57 Å². The zero-order chi connectivity index (χ0) is 20.3. The summed E-state index contributed by atoms with van der Waals surface area (Å²) in [4.78, 5) is 52.3. The quantitative estimate of drug-likeness (QED) is 0.454. The third-order valence-corrected chi connectivity index (χ3v) is 4.59. The Morgan fingerprint density at radius 2 is 2.11 bits per heavy atom. The van der Waals surface area contributed by atoms with Crippen molar-refractivity contribution < 1.29 is 23.9 Å². The first-order chi connectivity index (χ1) is 13.4. The predicted molar refractivity (Wildman–Crippen MR) is 101 cm³/mol. The molecule has 1 unspecified atom stereocenters. The van der Waals surface area contributed by atoms with Gasteiger partial charge in [-0.3, -0.25) is 24.5 Å². The van der Waals surface area contributed by atoms with E-state index in [-0.39, 0.29) is 31.4 Å². The van der Waals surface area contributed by atoms with Gasteiger partial charge >= 0.3 is 0 Å². The summed E-state index contributed by atoms with van der Waals surface area (Å²) in [7, 11) is 0. The average Bonchev–Trinajstić information content (AvgIpc) is 2.97. The summed E-state index contributed by atoms with van der Waals surface area (Å²) in [6.07, 6.45) is 2.71. The number of aliphatic imine (C=N–C) groups is 1. The van der Waals surface area contributed by atoms with Gasteiger partial charge < -0.3 is 9.64 Å². The molecule has 0 aliphatic carbocycles. The minimum atomic E-state index is -0.677. The van der Waals surface area contributed by atoms with Crippen molar-refractivity contribution >= 4 is 29.8 Å². The number of hydrogen-bond acceptors (Lipinski definition) is 5. The van der Waals surface area contributed by atoms with Crippen molar-refractivity contribution in [2.75, 3.05) is 6.61 Å². The molecule has 2 aliphatic heterocycles. The summed E-state index contributed by atoms with van der Waals surface area (Å²) in [6, 6.07) is 4.45. The Hall–Kier alpha value is -3.29. The van der Waals surface area contributed by atoms with Crippen LogP contribution in [0.15, 0.2) is 34.8 Å². The summed E-state index contributed by atoms with van der Waals surface area (Å²) < 4.78 is 5.82. The number of hydrogen-bond donors (Lipinski definition) is 1. The maximum Gasteiger partial charge on any atom is 0.255 e. The number of carbonyl (C=O) groups excluding carboxylic acids is 4. The summed E-state index contributed by atoms with van der Waals surface area (Å²) in [5, 5.41) is 2.28. The van der Waals surface area contributed by atoms with E-state index in [0.29, 0.717) is 35.4 Å². The molecule has 4 amide bonds. The van der Waals surface area contributed by atoms with Crippen LogP contribution < -0.4 is 10.1 Å². The van der Waals surface area contributed by atoms with E-state index in [9.17, 15) is 19.2 Å². The number of rotatable bonds is 6. The number of fused-ring (bicyclic) bond motifs is 1. The highest BCUT2D eigenvalue weighted by Crippen LogP contribution is 2.33. The number of benzene rings is 1. The van der Waals surface area contributed by atoms with Crippen LogP contribution in [0.1, 0.15) is 42.6 Å². The second-order valence-corrected chi connectivity index (χ2v) is 6.92. The van der Waals surface area contributed by atoms with Gasteiger partial charge in [0.15, 0.2) is 0 Å². The first kappa shape index (κ1) is 19.5. The van der Waals surface area contributed by atoms with Crippen molar-refractivity contribution in [2.45, 2.75) is 39.3 Å². The van der Waals surface area contributed by atoms with Crippen molar-refractivity contribution in [3.8, 4) is 5.75 Å². The minimum Gasteiger partial charge on any atom is -0.487 e. The molecular formula is C20H21N3O5. The average molecular weight is 383 g/mol. The van der Waals surface area contributed by atoms with Gasteiger partial charge in [0.25, 0.3) is 5.91 Å². The lowest BCUT2D eigenvalue weighted by atomic mass is 10.0. The maximum absolute atomic E-state index is 12.8. The number of carbonyl (C=O) groups is 4. The fourth-order valence-corrected chi connectivity index (χ4v) is 3.36. The molecule has 0 aromatic heterocycles. The van der Waals surface area contributed by atoms with Gasteiger partial charge in [0, 0.05) is 17.5 Å². The number of ether oxygens (including phenoxy) is 1. The van der Waals surface area contributed by atoms with Gasteiger partial charge in [-0.1, -0.05) is 11.6 Å². The van der Waals surface area contributed by atoms with Crippen molar-refractivity contribution in [2.24, 2.45) is 4.99 Å². The van der Waals surface area contributed by atoms with Crippen LogP contribution in [0.4, 0.5) is 0 Å². The van der Waals surface area contributed by atoms with E-state index in [2.05, 4.69) is 10.3 Å². The lowest BCUT2D eigenvalue weighted by Crippen LogP contribution is -2.52. The van der Waals surface area contributed by atoms with E-state index in [4.69, 9.17) is 4.74 Å². The van der Waals surface area contributed by atoms with E-state index in [1.807, 2.05) is 13.8 Å². The Labute approximate surface area is 162 Å². The van der Waals surface area contributed by atoms with Gasteiger partial charge in [0.2, 0.25) is 18.2 Å². The lowest BCUT2D eigenvalue weighted by molar-refractivity contribution is -0.136. The standard InChI is InChI=1S/C20H21N3O5/c1-12(2)8-13(21-11-24)10-28-17-5-3-4-14-15(17)9-23(20(14)27)16-6-7-18(25)22-19(16)26/h3-5,8,11,16H,6-7,9-10H2,1-2H3,(H,22,25,26)/b21-13+. The molecule has 0 saturated carbocycles. The molecule has 1 aromatic rings. The third kappa shape index (κ3) is 4.00. The van der Waals surface area contributed by atoms with Crippen molar-refractivity contribution in [3.05, 3.63) is 41.0 Å². The molecule has 28 heavy (non-hydrogen) atoms. The molecule has 2 heterocycles. The van der Waals surface area contributed by atoms with Crippen LogP contribution in [-0.4, -0.2) is 47.4 Å². The molecule has 8 heteroatoms. The second kappa shape index (κ2) is 8.16. The Morgan fingerprint density at radius 1 is 1.32 bits per heavy atom. The predicted octanol–water partition coefficient (Wildman–Crippen LogP) is 1.39. The molecule has 1 aromatic carbocycles. The lowest BCUT2D eigenvalue weighted by Gasteiger charge is -2.29. The Bertz CT molecular complexity index is 899. The SMILES string of the molecule is CC(C)=C/C(COc1cccc2c1CN(C1CCC(=O)NC1=O)C2=O)=N\C=O. The fourth-order valence-electron chi connectivity index (χ4n) is 3.36. The summed E-state index contributed by atoms with van der Waals surface area (Å²) >= 11 is 0. The molecule has 0 spiro atoms. The Morgan fingerprint density at radius 3 is 2.79 bits per heavy atom. The summed E-state index contributed by atoms with van der Waals surface area (Å²) in [6.45, 7) is 4.07. The van der Waals surface area contributed by atoms with Crippen LogP contribution in [0, 0.1) is 0 Å². The topological polar surface area (TPSA) is 105 Å². The van der Waals surface area contributed by atoms with Crippen LogP contribution in [0.3, 0.4) is 0 Å². The van der Waals surface area contributed by atoms with Crippen LogP contribution in [0.25, 0.3) is 0 Å². The Kier molecular flexibility index (Phi) is 5.67. The van der Waals surface area contributed by atoms with Gasteiger partial charge in [0.05, 0.1) is 12.3 Å². The van der Waals surface area contributed by atoms with Gasteiger partial charge in [-0.2, -0.15) is 0 Å². The first-order valence-electron chi connectivity index (χ1n) is 8.95. The van der Waals surface area contributed by atoms with E-state index in [1.165, 1.54) is 4.90 Å². The highest BCUT2D eigenvalue weighted by Gasteiger charge is 2.40. The van der Waals surface area contributed by atoms with Crippen molar-refractivity contribution in [1.29, 1.82) is 0 Å². The number of allylic oxidation sites excluding steroid dienone is 1. The third-order valence-electron chi connectivity index (χ3n) is 4.59. The molecule has 0 radical (unpaired) electrons. The van der Waals surface area contributed by atoms with Crippen LogP contribution in [0.5, 0.6) is 5.75 Å². The molecule has 1 fully saturated rings. The molecule has 146 valence electrons. The van der Waals surface area contributed by atoms with E-state index >= 15 is 0 Å². The number of imide groups is 1. The van der Waals surface area contributed by atoms with E-state index < -0.39 is 11.9 Å². The van der Waals surface area contributed by atoms with Gasteiger partial charge in [0.1, 0.15) is 18.4 Å². The molecule has 2 aliphatic rings. The molecular weight excluding hydrogens is 362 g/mol. The molecule has 3 rings (SSSR count). The zero-order valence-electron chi connectivity index (χ0n) is 15.7. The van der Waals surface area contributed by atoms with Gasteiger partial charge in [-0.05, 0) is 38.5 Å². The number of amides is 4. The first-order valence-corrected chi connectivity index (χ1v) is 8.95. The van der Waals surface area contributed by atoms with Crippen LogP contribution in [0.2, 0.25) is 0 Å². The maximum atomic E-state index is 12.8. The Balaban J connectivity index is 1.79. The van der Waals surface area contributed by atoms with Crippen molar-refractivity contribution in [3.63, 3.8) is 0 Å². The largest absolute Gasteiger partial charge is 0.487 e. The van der Waals surface area contributed by atoms with E-state index in [1.54, 1.807) is 24.3 Å². The smallest absolute Gasteiger partial charge is 0.255 e. The summed E-state index contributed by atoms with van der Waals surface area (Å²) in [5.74, 6) is -0.540. The van der Waals surface area contributed by atoms with Crippen molar-refractivity contribution in [1.82, 2.24) is 10.2 Å². The molecule has 1 N–H and O–H groups in total. The van der Waals surface area contributed by atoms with Gasteiger partial charge in [-0.25, -0.2) is 4.99 Å². The molecule has 0 bridgehead atoms. The van der Waals surface area contributed by atoms with Gasteiger partial charge in [-0.15, -0.1) is 0 Å². The molecule has 1 atom stereocenters. The molecule has 8 nitrogen and oxygen atoms in total.